The molecule has 72 heavy (non-hydrogen) atoms. The third-order valence-electron chi connectivity index (χ3n) is 11.2. The average Bonchev–Trinajstić information content (AvgIpc) is 4.02. The molecule has 0 spiro atoms. The van der Waals surface area contributed by atoms with Crippen molar-refractivity contribution < 1.29 is 48.3 Å². The second kappa shape index (κ2) is 29.0. The van der Waals surface area contributed by atoms with Crippen molar-refractivity contribution >= 4 is 70.1 Å². The molecule has 0 saturated heterocycles. The molecular formula is C47H65N15O10. The number of carbonyl (C=O) groups excluding carboxylic acids is 8. The van der Waals surface area contributed by atoms with Crippen LogP contribution in [0.2, 0.25) is 0 Å². The molecule has 25 nitrogen and oxygen atoms in total. The Morgan fingerprint density at radius 2 is 1.25 bits per heavy atom. The van der Waals surface area contributed by atoms with Gasteiger partial charge in [0.15, 0.2) is 5.96 Å². The number of aromatic amines is 2. The number of benzene rings is 2. The molecule has 0 saturated carbocycles. The Labute approximate surface area is 414 Å². The molecule has 0 radical (unpaired) electrons. The summed E-state index contributed by atoms with van der Waals surface area (Å²) in [5.74, 6) is -7.73. The molecule has 0 fully saturated rings. The summed E-state index contributed by atoms with van der Waals surface area (Å²) >= 11 is 0. The minimum Gasteiger partial charge on any atom is -0.481 e. The Bertz CT molecular complexity index is 2490. The summed E-state index contributed by atoms with van der Waals surface area (Å²) in [6, 6.07) is 7.96. The highest BCUT2D eigenvalue weighted by Gasteiger charge is 2.34. The standard InChI is InChI=1S/C47H65N15O10/c1-27(63)57-35(16-17-40(65)66)44(70)62-38(22-30-24-52-26-56-30)46(72)60-36(20-28-10-3-2-4-11-28)45(71)59-34(15-9-19-53-47(50)51)43(69)61-37(21-29-23-54-32-13-6-5-12-31(29)32)42(68)55-25-39(64)58-33(41(49)67)14-7-8-18-48/h2-6,10-13,23-24,26,33-38,54H,7-9,14-22,25,48H2,1H3,(H2,49,67)(H,52,56)(H,55,68)(H,57,63)(H,58,64)(H,59,71)(H,60,72)(H,61,69)(H,62,70)(H,65,66)(H4,50,51,53)/t33-,34-,35-,36+,37-,38-/m0/s1. The number of rotatable bonds is 31. The van der Waals surface area contributed by atoms with E-state index in [1.165, 1.54) is 12.5 Å². The molecule has 2 heterocycles. The van der Waals surface area contributed by atoms with Gasteiger partial charge in [0.2, 0.25) is 47.3 Å². The molecule has 2 aromatic carbocycles. The molecule has 0 bridgehead atoms. The zero-order chi connectivity index (χ0) is 52.6. The lowest BCUT2D eigenvalue weighted by atomic mass is 10.0. The van der Waals surface area contributed by atoms with Gasteiger partial charge in [0.1, 0.15) is 36.3 Å². The normalized spacial score (nSPS) is 13.4. The SMILES string of the molecule is CC(=O)N[C@@H](CCC(=O)O)C(=O)N[C@@H](Cc1cnc[nH]1)C(=O)N[C@H](Cc1ccccc1)C(=O)N[C@@H](CCCN=C(N)N)C(=O)N[C@@H](Cc1c[nH]c2ccccc12)C(=O)NCC(=O)N[C@@H](CCCCN)C(N)=O. The van der Waals surface area contributed by atoms with Gasteiger partial charge in [-0.2, -0.15) is 0 Å². The number of aliphatic imine (C=N–C) groups is 1. The van der Waals surface area contributed by atoms with Crippen LogP contribution in [0, 0.1) is 0 Å². The number of imidazole rings is 1. The van der Waals surface area contributed by atoms with Crippen LogP contribution in [0.1, 0.15) is 68.7 Å². The Morgan fingerprint density at radius 1 is 0.653 bits per heavy atom. The molecule has 0 aliphatic heterocycles. The number of aromatic nitrogens is 3. The first-order valence-electron chi connectivity index (χ1n) is 23.3. The summed E-state index contributed by atoms with van der Waals surface area (Å²) in [6.45, 7) is 0.980. The van der Waals surface area contributed by atoms with Crippen molar-refractivity contribution in [2.75, 3.05) is 19.6 Å². The molecule has 25 heteroatoms. The number of hydrogen-bond donors (Lipinski definition) is 14. The van der Waals surface area contributed by atoms with Gasteiger partial charge in [-0.3, -0.25) is 48.1 Å². The number of H-pyrrole nitrogens is 2. The Kier molecular flexibility index (Phi) is 22.6. The summed E-state index contributed by atoms with van der Waals surface area (Å²) in [4.78, 5) is 133. The van der Waals surface area contributed by atoms with Crippen molar-refractivity contribution in [1.82, 2.24) is 52.2 Å². The summed E-state index contributed by atoms with van der Waals surface area (Å²) in [5.41, 5.74) is 24.6. The number of para-hydroxylation sites is 1. The number of guanidine groups is 1. The largest absolute Gasteiger partial charge is 0.481 e. The lowest BCUT2D eigenvalue weighted by molar-refractivity contribution is -0.138. The number of nitrogens with zero attached hydrogens (tertiary/aromatic N) is 2. The number of carboxylic acids is 1. The van der Waals surface area contributed by atoms with E-state index in [1.807, 2.05) is 18.2 Å². The van der Waals surface area contributed by atoms with Crippen LogP contribution in [-0.2, 0) is 62.4 Å². The van der Waals surface area contributed by atoms with E-state index in [9.17, 15) is 48.3 Å². The van der Waals surface area contributed by atoms with Crippen molar-refractivity contribution in [3.63, 3.8) is 0 Å². The van der Waals surface area contributed by atoms with E-state index in [0.29, 0.717) is 36.2 Å². The number of nitrogens with one attached hydrogen (secondary N) is 9. The first-order chi connectivity index (χ1) is 34.4. The molecule has 2 aromatic heterocycles. The van der Waals surface area contributed by atoms with Crippen LogP contribution in [0.3, 0.4) is 0 Å². The Hall–Kier alpha value is -8.35. The molecule has 0 aliphatic rings. The number of nitrogens with two attached hydrogens (primary N) is 4. The molecular weight excluding hydrogens is 935 g/mol. The third kappa shape index (κ3) is 19.2. The maximum atomic E-state index is 14.6. The van der Waals surface area contributed by atoms with Gasteiger partial charge in [-0.25, -0.2) is 4.98 Å². The number of hydrogen-bond acceptors (Lipinski definition) is 12. The third-order valence-corrected chi connectivity index (χ3v) is 11.2. The number of carboxylic acid groups (broad SMARTS) is 1. The van der Waals surface area contributed by atoms with Gasteiger partial charge in [-0.15, -0.1) is 0 Å². The predicted molar refractivity (Wildman–Crippen MR) is 264 cm³/mol. The van der Waals surface area contributed by atoms with Gasteiger partial charge in [-0.05, 0) is 62.3 Å². The molecule has 18 N–H and O–H groups in total. The van der Waals surface area contributed by atoms with Crippen LogP contribution >= 0.6 is 0 Å². The first kappa shape index (κ1) is 56.2. The zero-order valence-corrected chi connectivity index (χ0v) is 39.9. The second-order valence-electron chi connectivity index (χ2n) is 16.9. The van der Waals surface area contributed by atoms with Crippen molar-refractivity contribution in [3.05, 3.63) is 90.1 Å². The highest BCUT2D eigenvalue weighted by molar-refractivity contribution is 5.97. The summed E-state index contributed by atoms with van der Waals surface area (Å²) in [5, 5.41) is 28.2. The van der Waals surface area contributed by atoms with Gasteiger partial charge in [0, 0.05) is 68.1 Å². The smallest absolute Gasteiger partial charge is 0.303 e. The van der Waals surface area contributed by atoms with E-state index in [1.54, 1.807) is 42.6 Å². The summed E-state index contributed by atoms with van der Waals surface area (Å²) < 4.78 is 0. The number of fused-ring (bicyclic) bond motifs is 1. The van der Waals surface area contributed by atoms with Gasteiger partial charge >= 0.3 is 5.97 Å². The van der Waals surface area contributed by atoms with Crippen molar-refractivity contribution in [3.8, 4) is 0 Å². The van der Waals surface area contributed by atoms with Crippen LogP contribution in [0.5, 0.6) is 0 Å². The van der Waals surface area contributed by atoms with Crippen molar-refractivity contribution in [2.45, 2.75) is 107 Å². The van der Waals surface area contributed by atoms with E-state index >= 15 is 0 Å². The maximum Gasteiger partial charge on any atom is 0.303 e. The van der Waals surface area contributed by atoms with Crippen LogP contribution in [0.4, 0.5) is 0 Å². The maximum absolute atomic E-state index is 14.6. The van der Waals surface area contributed by atoms with Crippen LogP contribution in [0.15, 0.2) is 78.3 Å². The van der Waals surface area contributed by atoms with E-state index < -0.39 is 102 Å². The minimum absolute atomic E-state index is 0.0416. The van der Waals surface area contributed by atoms with E-state index in [4.69, 9.17) is 22.9 Å². The average molecular weight is 1000 g/mol. The van der Waals surface area contributed by atoms with Gasteiger partial charge in [-0.1, -0.05) is 48.5 Å². The first-order valence-corrected chi connectivity index (χ1v) is 23.3. The Balaban J connectivity index is 1.64. The number of unbranched alkanes of at least 4 members (excludes halogenated alkanes) is 1. The fourth-order valence-electron chi connectivity index (χ4n) is 7.57. The number of primary amides is 1. The minimum atomic E-state index is -1.41. The monoisotopic (exact) mass is 1000 g/mol. The van der Waals surface area contributed by atoms with E-state index in [0.717, 1.165) is 17.8 Å². The van der Waals surface area contributed by atoms with Gasteiger partial charge < -0.3 is 75.2 Å². The molecule has 388 valence electrons. The predicted octanol–water partition coefficient (Wildman–Crippen LogP) is -2.50. The molecule has 8 amide bonds. The summed E-state index contributed by atoms with van der Waals surface area (Å²) in [6.07, 6.45) is 4.69. The number of amides is 8. The molecule has 0 aliphatic carbocycles. The van der Waals surface area contributed by atoms with Crippen LogP contribution in [-0.4, -0.2) is 135 Å². The lowest BCUT2D eigenvalue weighted by Gasteiger charge is -2.27. The van der Waals surface area contributed by atoms with E-state index in [2.05, 4.69) is 57.2 Å². The molecule has 4 aromatic rings. The zero-order valence-electron chi connectivity index (χ0n) is 39.9. The quantitative estimate of drug-likeness (QED) is 0.0141. The lowest BCUT2D eigenvalue weighted by Crippen LogP contribution is -2.60. The molecule has 4 rings (SSSR count). The van der Waals surface area contributed by atoms with Crippen molar-refractivity contribution in [2.24, 2.45) is 27.9 Å². The van der Waals surface area contributed by atoms with E-state index in [-0.39, 0.29) is 57.5 Å². The van der Waals surface area contributed by atoms with Crippen molar-refractivity contribution in [1.29, 1.82) is 0 Å². The topological polar surface area (TPSA) is 419 Å². The number of carbonyl (C=O) groups is 9. The fraction of sp³-hybridized carbons (Fsp3) is 0.426. The van der Waals surface area contributed by atoms with Gasteiger partial charge in [0.05, 0.1) is 12.9 Å². The second-order valence-corrected chi connectivity index (χ2v) is 16.9. The molecule has 6 atom stereocenters. The fourth-order valence-corrected chi connectivity index (χ4v) is 7.57. The van der Waals surface area contributed by atoms with Crippen LogP contribution < -0.4 is 60.2 Å². The highest BCUT2D eigenvalue weighted by Crippen LogP contribution is 2.20. The summed E-state index contributed by atoms with van der Waals surface area (Å²) in [7, 11) is 0. The van der Waals surface area contributed by atoms with Gasteiger partial charge in [0.25, 0.3) is 0 Å². The molecule has 0 unspecified atom stereocenters. The Morgan fingerprint density at radius 3 is 1.86 bits per heavy atom. The van der Waals surface area contributed by atoms with Crippen LogP contribution in [0.25, 0.3) is 10.9 Å². The highest BCUT2D eigenvalue weighted by atomic mass is 16.4. The number of aliphatic carboxylic acids is 1.